The van der Waals surface area contributed by atoms with E-state index in [1.165, 1.54) is 0 Å². The van der Waals surface area contributed by atoms with Crippen molar-refractivity contribution in [2.45, 2.75) is 25.8 Å². The van der Waals surface area contributed by atoms with Crippen LogP contribution in [0.15, 0.2) is 35.1 Å². The molecule has 0 bridgehead atoms. The number of rotatable bonds is 6. The van der Waals surface area contributed by atoms with Crippen molar-refractivity contribution in [1.29, 1.82) is 0 Å². The van der Waals surface area contributed by atoms with Gasteiger partial charge in [-0.1, -0.05) is 40.5 Å². The molecule has 1 unspecified atom stereocenters. The van der Waals surface area contributed by atoms with Crippen LogP contribution < -0.4 is 5.32 Å². The van der Waals surface area contributed by atoms with Gasteiger partial charge in [-0.05, 0) is 30.7 Å². The molecule has 20 heavy (non-hydrogen) atoms. The molecule has 2 rings (SSSR count). The van der Waals surface area contributed by atoms with E-state index in [0.29, 0.717) is 0 Å². The summed E-state index contributed by atoms with van der Waals surface area (Å²) in [7, 11) is 2.02. The third-order valence-electron chi connectivity index (χ3n) is 3.37. The monoisotopic (exact) mass is 355 g/mol. The first-order chi connectivity index (χ1) is 9.61. The highest BCUT2D eigenvalue weighted by Gasteiger charge is 2.15. The molecule has 0 aliphatic heterocycles. The SMILES string of the molecule is CCNC(CCc1nccn1C)c1ccc(Br)cc1Cl. The van der Waals surface area contributed by atoms with Crippen LogP contribution in [0.4, 0.5) is 0 Å². The lowest BCUT2D eigenvalue weighted by molar-refractivity contribution is 0.506. The van der Waals surface area contributed by atoms with Crippen LogP contribution in [0.5, 0.6) is 0 Å². The lowest BCUT2D eigenvalue weighted by Crippen LogP contribution is -2.22. The van der Waals surface area contributed by atoms with E-state index >= 15 is 0 Å². The maximum Gasteiger partial charge on any atom is 0.108 e. The van der Waals surface area contributed by atoms with Gasteiger partial charge in [-0.3, -0.25) is 0 Å². The van der Waals surface area contributed by atoms with Gasteiger partial charge in [0.15, 0.2) is 0 Å². The van der Waals surface area contributed by atoms with Crippen LogP contribution >= 0.6 is 27.5 Å². The lowest BCUT2D eigenvalue weighted by atomic mass is 10.0. The molecular weight excluding hydrogens is 338 g/mol. The van der Waals surface area contributed by atoms with Crippen LogP contribution in [0.2, 0.25) is 5.02 Å². The summed E-state index contributed by atoms with van der Waals surface area (Å²) < 4.78 is 3.07. The first-order valence-corrected chi connectivity index (χ1v) is 7.93. The Bertz CT molecular complexity index is 568. The maximum absolute atomic E-state index is 6.36. The normalized spacial score (nSPS) is 12.6. The van der Waals surface area contributed by atoms with Crippen molar-refractivity contribution in [3.05, 3.63) is 51.5 Å². The van der Waals surface area contributed by atoms with Crippen molar-refractivity contribution in [2.75, 3.05) is 6.54 Å². The number of halogens is 2. The van der Waals surface area contributed by atoms with Gasteiger partial charge >= 0.3 is 0 Å². The minimum absolute atomic E-state index is 0.248. The van der Waals surface area contributed by atoms with E-state index in [4.69, 9.17) is 11.6 Å². The van der Waals surface area contributed by atoms with Crippen LogP contribution in [0.3, 0.4) is 0 Å². The van der Waals surface area contributed by atoms with Crippen molar-refractivity contribution in [3.63, 3.8) is 0 Å². The molecular formula is C15H19BrClN3. The fraction of sp³-hybridized carbons (Fsp3) is 0.400. The Balaban J connectivity index is 2.12. The topological polar surface area (TPSA) is 29.9 Å². The molecule has 1 N–H and O–H groups in total. The first kappa shape index (κ1) is 15.5. The molecule has 108 valence electrons. The van der Waals surface area contributed by atoms with Crippen molar-refractivity contribution in [2.24, 2.45) is 7.05 Å². The highest BCUT2D eigenvalue weighted by Crippen LogP contribution is 2.29. The van der Waals surface area contributed by atoms with Crippen LogP contribution in [-0.4, -0.2) is 16.1 Å². The van der Waals surface area contributed by atoms with Crippen LogP contribution in [0.25, 0.3) is 0 Å². The van der Waals surface area contributed by atoms with Gasteiger partial charge in [0, 0.05) is 41.4 Å². The largest absolute Gasteiger partial charge is 0.338 e. The lowest BCUT2D eigenvalue weighted by Gasteiger charge is -2.19. The van der Waals surface area contributed by atoms with E-state index in [9.17, 15) is 0 Å². The summed E-state index contributed by atoms with van der Waals surface area (Å²) in [6.45, 7) is 3.03. The summed E-state index contributed by atoms with van der Waals surface area (Å²) in [4.78, 5) is 4.37. The highest BCUT2D eigenvalue weighted by atomic mass is 79.9. The molecule has 1 aromatic heterocycles. The second kappa shape index (κ2) is 7.25. The van der Waals surface area contributed by atoms with Crippen LogP contribution in [0.1, 0.15) is 30.8 Å². The van der Waals surface area contributed by atoms with Crippen molar-refractivity contribution >= 4 is 27.5 Å². The number of benzene rings is 1. The Morgan fingerprint density at radius 2 is 2.25 bits per heavy atom. The smallest absolute Gasteiger partial charge is 0.108 e. The molecule has 0 amide bonds. The van der Waals surface area contributed by atoms with Crippen molar-refractivity contribution in [3.8, 4) is 0 Å². The molecule has 1 aromatic carbocycles. The molecule has 3 nitrogen and oxygen atoms in total. The standard InChI is InChI=1S/C15H19BrClN3/c1-3-18-14(6-7-15-19-8-9-20(15)2)12-5-4-11(16)10-13(12)17/h4-5,8-10,14,18H,3,6-7H2,1-2H3. The minimum Gasteiger partial charge on any atom is -0.338 e. The Kier molecular flexibility index (Phi) is 5.64. The van der Waals surface area contributed by atoms with E-state index in [0.717, 1.165) is 40.3 Å². The number of nitrogens with one attached hydrogen (secondary N) is 1. The molecule has 0 aliphatic rings. The maximum atomic E-state index is 6.36. The second-order valence-electron chi connectivity index (χ2n) is 4.77. The van der Waals surface area contributed by atoms with E-state index < -0.39 is 0 Å². The third kappa shape index (κ3) is 3.84. The quantitative estimate of drug-likeness (QED) is 0.844. The summed E-state index contributed by atoms with van der Waals surface area (Å²) >= 11 is 9.81. The summed E-state index contributed by atoms with van der Waals surface area (Å²) in [5, 5.41) is 4.30. The fourth-order valence-corrected chi connectivity index (χ4v) is 3.11. The molecule has 1 heterocycles. The average Bonchev–Trinajstić information content (AvgIpc) is 2.81. The summed E-state index contributed by atoms with van der Waals surface area (Å²) in [6.07, 6.45) is 5.71. The first-order valence-electron chi connectivity index (χ1n) is 6.76. The number of aryl methyl sites for hydroxylation is 2. The predicted molar refractivity (Wildman–Crippen MR) is 87.1 cm³/mol. The van der Waals surface area contributed by atoms with E-state index in [1.54, 1.807) is 0 Å². The zero-order valence-corrected chi connectivity index (χ0v) is 14.1. The molecule has 0 fully saturated rings. The summed E-state index contributed by atoms with van der Waals surface area (Å²) in [5.74, 6) is 1.10. The Morgan fingerprint density at radius 3 is 2.85 bits per heavy atom. The molecule has 5 heteroatoms. The Hall–Kier alpha value is -0.840. The van der Waals surface area contributed by atoms with Gasteiger partial charge in [-0.15, -0.1) is 0 Å². The van der Waals surface area contributed by atoms with Crippen molar-refractivity contribution < 1.29 is 0 Å². The van der Waals surface area contributed by atoms with E-state index in [1.807, 2.05) is 31.6 Å². The minimum atomic E-state index is 0.248. The van der Waals surface area contributed by atoms with Crippen molar-refractivity contribution in [1.82, 2.24) is 14.9 Å². The Labute approximate surface area is 133 Å². The molecule has 0 spiro atoms. The number of hydrogen-bond acceptors (Lipinski definition) is 2. The van der Waals surface area contributed by atoms with Gasteiger partial charge in [0.2, 0.25) is 0 Å². The molecule has 1 atom stereocenters. The number of hydrogen-bond donors (Lipinski definition) is 1. The zero-order chi connectivity index (χ0) is 14.5. The molecule has 0 radical (unpaired) electrons. The van der Waals surface area contributed by atoms with Gasteiger partial charge in [0.1, 0.15) is 5.82 Å². The highest BCUT2D eigenvalue weighted by molar-refractivity contribution is 9.10. The Morgan fingerprint density at radius 1 is 1.45 bits per heavy atom. The number of aromatic nitrogens is 2. The molecule has 0 saturated heterocycles. The van der Waals surface area contributed by atoms with Gasteiger partial charge in [0.25, 0.3) is 0 Å². The summed E-state index contributed by atoms with van der Waals surface area (Å²) in [6, 6.07) is 6.31. The van der Waals surface area contributed by atoms with Gasteiger partial charge in [-0.2, -0.15) is 0 Å². The van der Waals surface area contributed by atoms with Crippen LogP contribution in [-0.2, 0) is 13.5 Å². The van der Waals surface area contributed by atoms with Gasteiger partial charge in [0.05, 0.1) is 0 Å². The molecule has 2 aromatic rings. The third-order valence-corrected chi connectivity index (χ3v) is 4.19. The fourth-order valence-electron chi connectivity index (χ4n) is 2.31. The van der Waals surface area contributed by atoms with Gasteiger partial charge < -0.3 is 9.88 Å². The van der Waals surface area contributed by atoms with E-state index in [2.05, 4.69) is 43.8 Å². The zero-order valence-electron chi connectivity index (χ0n) is 11.7. The number of nitrogens with zero attached hydrogens (tertiary/aromatic N) is 2. The van der Waals surface area contributed by atoms with E-state index in [-0.39, 0.29) is 6.04 Å². The van der Waals surface area contributed by atoms with Crippen LogP contribution in [0, 0.1) is 0 Å². The average molecular weight is 357 g/mol. The van der Waals surface area contributed by atoms with Gasteiger partial charge in [-0.25, -0.2) is 4.98 Å². The summed E-state index contributed by atoms with van der Waals surface area (Å²) in [5.41, 5.74) is 1.14. The number of imidazole rings is 1. The molecule has 0 aliphatic carbocycles. The second-order valence-corrected chi connectivity index (χ2v) is 6.09. The predicted octanol–water partition coefficient (Wildman–Crippen LogP) is 4.12. The molecule has 0 saturated carbocycles.